The van der Waals surface area contributed by atoms with Crippen LogP contribution in [0.4, 0.5) is 0 Å². The zero-order chi connectivity index (χ0) is 18.1. The second kappa shape index (κ2) is 9.48. The molecule has 25 heavy (non-hydrogen) atoms. The maximum atomic E-state index is 5.58. The molecule has 0 aliphatic rings. The van der Waals surface area contributed by atoms with Gasteiger partial charge in [0.05, 0.1) is 6.61 Å². The fourth-order valence-corrected chi connectivity index (χ4v) is 2.95. The molecule has 0 radical (unpaired) electrons. The van der Waals surface area contributed by atoms with Gasteiger partial charge in [-0.05, 0) is 53.3 Å². The molecule has 0 atom stereocenters. The Hall–Kier alpha value is -2.80. The summed E-state index contributed by atoms with van der Waals surface area (Å²) in [4.78, 5) is 0. The van der Waals surface area contributed by atoms with Crippen molar-refractivity contribution in [2.75, 3.05) is 6.61 Å². The van der Waals surface area contributed by atoms with Gasteiger partial charge in [-0.1, -0.05) is 80.8 Å². The van der Waals surface area contributed by atoms with Crippen molar-refractivity contribution in [3.63, 3.8) is 0 Å². The van der Waals surface area contributed by atoms with Gasteiger partial charge in [0, 0.05) is 0 Å². The molecule has 0 heterocycles. The van der Waals surface area contributed by atoms with Crippen LogP contribution in [0.25, 0.3) is 5.57 Å². The van der Waals surface area contributed by atoms with Crippen LogP contribution in [0.2, 0.25) is 0 Å². The van der Waals surface area contributed by atoms with Crippen molar-refractivity contribution in [2.24, 2.45) is 0 Å². The molecule has 0 aliphatic heterocycles. The maximum absolute atomic E-state index is 5.58. The van der Waals surface area contributed by atoms with E-state index in [4.69, 9.17) is 4.74 Å². The molecular weight excluding hydrogens is 304 g/mol. The van der Waals surface area contributed by atoms with Gasteiger partial charge in [-0.15, -0.1) is 0 Å². The first-order valence-electron chi connectivity index (χ1n) is 8.72. The van der Waals surface area contributed by atoms with Gasteiger partial charge in [0.25, 0.3) is 0 Å². The van der Waals surface area contributed by atoms with E-state index >= 15 is 0 Å². The number of hydrogen-bond acceptors (Lipinski definition) is 1. The highest BCUT2D eigenvalue weighted by atomic mass is 16.5. The summed E-state index contributed by atoms with van der Waals surface area (Å²) in [6.07, 6.45) is 6.64. The Balaban J connectivity index is 2.68. The first-order chi connectivity index (χ1) is 12.2. The first kappa shape index (κ1) is 18.5. The third-order valence-electron chi connectivity index (χ3n) is 4.04. The Bertz CT molecular complexity index is 762. The van der Waals surface area contributed by atoms with Crippen LogP contribution in [0.1, 0.15) is 31.4 Å². The molecule has 0 fully saturated rings. The summed E-state index contributed by atoms with van der Waals surface area (Å²) < 4.78 is 5.58. The van der Waals surface area contributed by atoms with Crippen molar-refractivity contribution in [1.82, 2.24) is 0 Å². The van der Waals surface area contributed by atoms with Crippen molar-refractivity contribution in [2.45, 2.75) is 20.3 Å². The number of ether oxygens (including phenoxy) is 1. The number of allylic oxidation sites excluding steroid dienone is 5. The van der Waals surface area contributed by atoms with Gasteiger partial charge in [0.15, 0.2) is 0 Å². The van der Waals surface area contributed by atoms with Gasteiger partial charge in [0.2, 0.25) is 0 Å². The Morgan fingerprint density at radius 3 is 2.08 bits per heavy atom. The predicted octanol–water partition coefficient (Wildman–Crippen LogP) is 6.60. The summed E-state index contributed by atoms with van der Waals surface area (Å²) in [5.41, 5.74) is 5.94. The van der Waals surface area contributed by atoms with E-state index in [2.05, 4.69) is 56.5 Å². The molecule has 0 aliphatic carbocycles. The minimum atomic E-state index is 0.670. The van der Waals surface area contributed by atoms with Crippen LogP contribution >= 0.6 is 0 Å². The van der Waals surface area contributed by atoms with Gasteiger partial charge >= 0.3 is 0 Å². The Morgan fingerprint density at radius 2 is 1.56 bits per heavy atom. The van der Waals surface area contributed by atoms with Gasteiger partial charge in [0.1, 0.15) is 5.75 Å². The van der Waals surface area contributed by atoms with Gasteiger partial charge < -0.3 is 4.74 Å². The highest BCUT2D eigenvalue weighted by Crippen LogP contribution is 2.33. The van der Waals surface area contributed by atoms with Crippen LogP contribution in [0.15, 0.2) is 97.1 Å². The molecule has 0 bridgehead atoms. The smallest absolute Gasteiger partial charge is 0.119 e. The molecule has 0 unspecified atom stereocenters. The second-order valence-corrected chi connectivity index (χ2v) is 5.59. The average molecular weight is 330 g/mol. The summed E-state index contributed by atoms with van der Waals surface area (Å²) in [5, 5.41) is 0. The van der Waals surface area contributed by atoms with Crippen LogP contribution in [-0.4, -0.2) is 6.61 Å². The van der Waals surface area contributed by atoms with Crippen molar-refractivity contribution in [3.8, 4) is 5.75 Å². The zero-order valence-corrected chi connectivity index (χ0v) is 15.2. The lowest BCUT2D eigenvalue weighted by Gasteiger charge is -2.17. The quantitative estimate of drug-likeness (QED) is 0.496. The fourth-order valence-electron chi connectivity index (χ4n) is 2.95. The standard InChI is InChI=1S/C24H26O/c1-5-12-19(6-2)23(7-3)24(20-13-10-9-11-14-20)21-15-17-22(18-16-21)25-8-4/h5-6,9-18H,1-2,7-8H2,3-4H3/b19-12+,24-23-. The second-order valence-electron chi connectivity index (χ2n) is 5.59. The molecule has 128 valence electrons. The Kier molecular flexibility index (Phi) is 7.03. The molecule has 2 aromatic carbocycles. The van der Waals surface area contributed by atoms with E-state index in [1.165, 1.54) is 22.3 Å². The molecular formula is C24H26O. The lowest BCUT2D eigenvalue weighted by molar-refractivity contribution is 0.340. The van der Waals surface area contributed by atoms with Gasteiger partial charge in [-0.3, -0.25) is 0 Å². The van der Waals surface area contributed by atoms with Gasteiger partial charge in [-0.2, -0.15) is 0 Å². The molecule has 2 aromatic rings. The molecule has 0 N–H and O–H groups in total. The maximum Gasteiger partial charge on any atom is 0.119 e. The van der Waals surface area contributed by atoms with Crippen LogP contribution in [0, 0.1) is 0 Å². The summed E-state index contributed by atoms with van der Waals surface area (Å²) in [6, 6.07) is 18.8. The molecule has 0 amide bonds. The summed E-state index contributed by atoms with van der Waals surface area (Å²) >= 11 is 0. The fraction of sp³-hybridized carbons (Fsp3) is 0.167. The van der Waals surface area contributed by atoms with E-state index in [0.29, 0.717) is 6.61 Å². The van der Waals surface area contributed by atoms with E-state index in [1.54, 1.807) is 0 Å². The monoisotopic (exact) mass is 330 g/mol. The molecule has 1 heteroatoms. The van der Waals surface area contributed by atoms with E-state index in [0.717, 1.165) is 17.7 Å². The number of benzene rings is 2. The minimum Gasteiger partial charge on any atom is -0.494 e. The highest BCUT2D eigenvalue weighted by Gasteiger charge is 2.13. The van der Waals surface area contributed by atoms with Crippen molar-refractivity contribution >= 4 is 5.57 Å². The highest BCUT2D eigenvalue weighted by molar-refractivity contribution is 5.85. The first-order valence-corrected chi connectivity index (χ1v) is 8.72. The van der Waals surface area contributed by atoms with Crippen LogP contribution in [0.3, 0.4) is 0 Å². The third kappa shape index (κ3) is 4.60. The molecule has 1 nitrogen and oxygen atoms in total. The van der Waals surface area contributed by atoms with E-state index < -0.39 is 0 Å². The molecule has 0 saturated heterocycles. The van der Waals surface area contributed by atoms with Crippen LogP contribution < -0.4 is 4.74 Å². The zero-order valence-electron chi connectivity index (χ0n) is 15.2. The van der Waals surface area contributed by atoms with Crippen molar-refractivity contribution in [3.05, 3.63) is 108 Å². The van der Waals surface area contributed by atoms with Crippen LogP contribution in [-0.2, 0) is 0 Å². The molecule has 2 rings (SSSR count). The normalized spacial score (nSPS) is 12.3. The molecule has 0 spiro atoms. The molecule has 0 saturated carbocycles. The van der Waals surface area contributed by atoms with Gasteiger partial charge in [-0.25, -0.2) is 0 Å². The predicted molar refractivity (Wildman–Crippen MR) is 109 cm³/mol. The van der Waals surface area contributed by atoms with E-state index in [1.807, 2.05) is 43.4 Å². The third-order valence-corrected chi connectivity index (χ3v) is 4.04. The lowest BCUT2D eigenvalue weighted by atomic mass is 9.88. The summed E-state index contributed by atoms with van der Waals surface area (Å²) in [6.45, 7) is 12.7. The number of rotatable bonds is 8. The topological polar surface area (TPSA) is 9.23 Å². The summed E-state index contributed by atoms with van der Waals surface area (Å²) in [5.74, 6) is 0.891. The van der Waals surface area contributed by atoms with E-state index in [9.17, 15) is 0 Å². The Morgan fingerprint density at radius 1 is 0.920 bits per heavy atom. The van der Waals surface area contributed by atoms with E-state index in [-0.39, 0.29) is 0 Å². The SMILES string of the molecule is C=C/C=C(C=C)/C(CC)=C(/c1ccccc1)c1ccc(OCC)cc1. The van der Waals surface area contributed by atoms with Crippen molar-refractivity contribution < 1.29 is 4.74 Å². The van der Waals surface area contributed by atoms with Crippen molar-refractivity contribution in [1.29, 1.82) is 0 Å². The Labute approximate surface area is 151 Å². The van der Waals surface area contributed by atoms with Crippen LogP contribution in [0.5, 0.6) is 5.75 Å². The number of hydrogen-bond donors (Lipinski definition) is 0. The minimum absolute atomic E-state index is 0.670. The summed E-state index contributed by atoms with van der Waals surface area (Å²) in [7, 11) is 0. The lowest BCUT2D eigenvalue weighted by Crippen LogP contribution is -1.97. The average Bonchev–Trinajstić information content (AvgIpc) is 2.66. The molecule has 0 aromatic heterocycles. The largest absolute Gasteiger partial charge is 0.494 e.